The van der Waals surface area contributed by atoms with Crippen LogP contribution in [0, 0.1) is 0 Å². The van der Waals surface area contributed by atoms with E-state index in [0.717, 1.165) is 13.1 Å². The average molecular weight is 229 g/mol. The van der Waals surface area contributed by atoms with Crippen molar-refractivity contribution in [3.63, 3.8) is 0 Å². The van der Waals surface area contributed by atoms with Crippen molar-refractivity contribution in [1.82, 2.24) is 10.2 Å². The van der Waals surface area contributed by atoms with Crippen LogP contribution in [0.5, 0.6) is 0 Å². The second kappa shape index (κ2) is 6.83. The van der Waals surface area contributed by atoms with Crippen LogP contribution in [-0.2, 0) is 9.53 Å². The molecule has 3 N–H and O–H groups in total. The molecule has 16 heavy (non-hydrogen) atoms. The zero-order chi connectivity index (χ0) is 12.0. The van der Waals surface area contributed by atoms with E-state index in [1.165, 1.54) is 20.0 Å². The predicted octanol–water partition coefficient (Wildman–Crippen LogP) is -0.439. The molecular weight excluding hydrogens is 206 g/mol. The minimum absolute atomic E-state index is 0.115. The Kier molecular flexibility index (Phi) is 5.73. The second-order valence-electron chi connectivity index (χ2n) is 4.30. The Labute approximate surface area is 97.3 Å². The summed E-state index contributed by atoms with van der Waals surface area (Å²) in [7, 11) is 1.50. The second-order valence-corrected chi connectivity index (χ2v) is 4.30. The van der Waals surface area contributed by atoms with Crippen molar-refractivity contribution in [3.05, 3.63) is 0 Å². The van der Waals surface area contributed by atoms with Crippen molar-refractivity contribution in [2.24, 2.45) is 5.73 Å². The third-order valence-electron chi connectivity index (χ3n) is 3.13. The normalized spacial score (nSPS) is 20.7. The number of amides is 1. The summed E-state index contributed by atoms with van der Waals surface area (Å²) in [5.74, 6) is -0.115. The molecule has 5 heteroatoms. The highest BCUT2D eigenvalue weighted by atomic mass is 16.5. The molecule has 1 heterocycles. The highest BCUT2D eigenvalue weighted by molar-refractivity contribution is 5.81. The molecule has 5 nitrogen and oxygen atoms in total. The standard InChI is InChI=1S/C11H23N3O2/c1-9(14-5-3-4-6-14)8-13-11(15)10(7-12)16-2/h9-10H,3-8,12H2,1-2H3,(H,13,15). The van der Waals surface area contributed by atoms with E-state index in [1.807, 2.05) is 0 Å². The van der Waals surface area contributed by atoms with Crippen LogP contribution in [0.15, 0.2) is 0 Å². The van der Waals surface area contributed by atoms with E-state index in [-0.39, 0.29) is 12.5 Å². The van der Waals surface area contributed by atoms with E-state index >= 15 is 0 Å². The Morgan fingerprint density at radius 3 is 2.62 bits per heavy atom. The van der Waals surface area contributed by atoms with Gasteiger partial charge in [0.05, 0.1) is 0 Å². The lowest BCUT2D eigenvalue weighted by molar-refractivity contribution is -0.130. The number of nitrogens with zero attached hydrogens (tertiary/aromatic N) is 1. The van der Waals surface area contributed by atoms with Crippen LogP contribution in [0.25, 0.3) is 0 Å². The monoisotopic (exact) mass is 229 g/mol. The molecule has 0 aromatic rings. The van der Waals surface area contributed by atoms with Crippen molar-refractivity contribution in [1.29, 1.82) is 0 Å². The van der Waals surface area contributed by atoms with Gasteiger partial charge in [-0.15, -0.1) is 0 Å². The first kappa shape index (κ1) is 13.4. The van der Waals surface area contributed by atoms with Gasteiger partial charge >= 0.3 is 0 Å². The van der Waals surface area contributed by atoms with Crippen molar-refractivity contribution in [2.45, 2.75) is 31.9 Å². The van der Waals surface area contributed by atoms with E-state index in [1.54, 1.807) is 0 Å². The van der Waals surface area contributed by atoms with Gasteiger partial charge in [0.25, 0.3) is 0 Å². The molecule has 0 radical (unpaired) electrons. The number of carbonyl (C=O) groups is 1. The molecule has 0 bridgehead atoms. The fraction of sp³-hybridized carbons (Fsp3) is 0.909. The van der Waals surface area contributed by atoms with Crippen LogP contribution in [-0.4, -0.2) is 56.2 Å². The Morgan fingerprint density at radius 2 is 2.12 bits per heavy atom. The van der Waals surface area contributed by atoms with Gasteiger partial charge in [-0.25, -0.2) is 0 Å². The Hall–Kier alpha value is -0.650. The molecule has 0 spiro atoms. The predicted molar refractivity (Wildman–Crippen MR) is 63.1 cm³/mol. The van der Waals surface area contributed by atoms with Gasteiger partial charge in [-0.3, -0.25) is 9.69 Å². The van der Waals surface area contributed by atoms with Crippen molar-refractivity contribution in [3.8, 4) is 0 Å². The zero-order valence-corrected chi connectivity index (χ0v) is 10.2. The summed E-state index contributed by atoms with van der Waals surface area (Å²) in [6.45, 7) is 5.30. The quantitative estimate of drug-likeness (QED) is 0.648. The minimum atomic E-state index is -0.522. The molecule has 0 saturated carbocycles. The summed E-state index contributed by atoms with van der Waals surface area (Å²) in [5, 5.41) is 2.88. The average Bonchev–Trinajstić information content (AvgIpc) is 2.81. The number of hydrogen-bond donors (Lipinski definition) is 2. The first-order valence-corrected chi connectivity index (χ1v) is 5.93. The van der Waals surface area contributed by atoms with Crippen LogP contribution in [0.2, 0.25) is 0 Å². The summed E-state index contributed by atoms with van der Waals surface area (Å²) in [5.41, 5.74) is 5.42. The molecule has 1 aliphatic rings. The van der Waals surface area contributed by atoms with Crippen LogP contribution < -0.4 is 11.1 Å². The number of methoxy groups -OCH3 is 1. The van der Waals surface area contributed by atoms with E-state index in [9.17, 15) is 4.79 Å². The summed E-state index contributed by atoms with van der Waals surface area (Å²) in [6, 6.07) is 0.390. The smallest absolute Gasteiger partial charge is 0.250 e. The lowest BCUT2D eigenvalue weighted by atomic mass is 10.2. The largest absolute Gasteiger partial charge is 0.370 e. The van der Waals surface area contributed by atoms with Crippen LogP contribution >= 0.6 is 0 Å². The molecule has 1 aliphatic heterocycles. The van der Waals surface area contributed by atoms with Gasteiger partial charge < -0.3 is 15.8 Å². The summed E-state index contributed by atoms with van der Waals surface area (Å²) < 4.78 is 4.97. The van der Waals surface area contributed by atoms with Gasteiger partial charge in [-0.2, -0.15) is 0 Å². The SMILES string of the molecule is COC(CN)C(=O)NCC(C)N1CCCC1. The minimum Gasteiger partial charge on any atom is -0.370 e. The maximum Gasteiger partial charge on any atom is 0.250 e. The van der Waals surface area contributed by atoms with Gasteiger partial charge in [0.1, 0.15) is 6.10 Å². The lowest BCUT2D eigenvalue weighted by Gasteiger charge is -2.24. The maximum absolute atomic E-state index is 11.6. The molecule has 0 aromatic carbocycles. The molecule has 1 rings (SSSR count). The first-order valence-electron chi connectivity index (χ1n) is 5.93. The van der Waals surface area contributed by atoms with Gasteiger partial charge in [-0.05, 0) is 32.9 Å². The van der Waals surface area contributed by atoms with E-state index in [4.69, 9.17) is 10.5 Å². The number of nitrogens with one attached hydrogen (secondary N) is 1. The Bertz CT molecular complexity index is 213. The summed E-state index contributed by atoms with van der Waals surface area (Å²) in [4.78, 5) is 14.0. The number of likely N-dealkylation sites (tertiary alicyclic amines) is 1. The first-order chi connectivity index (χ1) is 7.69. The third kappa shape index (κ3) is 3.73. The number of hydrogen-bond acceptors (Lipinski definition) is 4. The molecule has 94 valence electrons. The molecule has 0 aromatic heterocycles. The van der Waals surface area contributed by atoms with E-state index in [2.05, 4.69) is 17.1 Å². The van der Waals surface area contributed by atoms with E-state index in [0.29, 0.717) is 12.6 Å². The zero-order valence-electron chi connectivity index (χ0n) is 10.2. The van der Waals surface area contributed by atoms with Crippen LogP contribution in [0.1, 0.15) is 19.8 Å². The highest BCUT2D eigenvalue weighted by Crippen LogP contribution is 2.10. The molecule has 2 atom stereocenters. The van der Waals surface area contributed by atoms with Gasteiger partial charge in [0, 0.05) is 26.2 Å². The Morgan fingerprint density at radius 1 is 1.50 bits per heavy atom. The molecule has 1 amide bonds. The number of carbonyl (C=O) groups excluding carboxylic acids is 1. The fourth-order valence-corrected chi connectivity index (χ4v) is 1.98. The van der Waals surface area contributed by atoms with Gasteiger partial charge in [0.2, 0.25) is 5.91 Å². The summed E-state index contributed by atoms with van der Waals surface area (Å²) >= 11 is 0. The maximum atomic E-state index is 11.6. The van der Waals surface area contributed by atoms with Gasteiger partial charge in [-0.1, -0.05) is 0 Å². The molecular formula is C11H23N3O2. The fourth-order valence-electron chi connectivity index (χ4n) is 1.98. The van der Waals surface area contributed by atoms with Crippen LogP contribution in [0.4, 0.5) is 0 Å². The van der Waals surface area contributed by atoms with Gasteiger partial charge in [0.15, 0.2) is 0 Å². The molecule has 2 unspecified atom stereocenters. The number of ether oxygens (including phenoxy) is 1. The topological polar surface area (TPSA) is 67.6 Å². The number of rotatable bonds is 6. The molecule has 1 saturated heterocycles. The molecule has 0 aliphatic carbocycles. The van der Waals surface area contributed by atoms with E-state index < -0.39 is 6.10 Å². The summed E-state index contributed by atoms with van der Waals surface area (Å²) in [6.07, 6.45) is 2.01. The molecule has 1 fully saturated rings. The van der Waals surface area contributed by atoms with Crippen molar-refractivity contribution >= 4 is 5.91 Å². The van der Waals surface area contributed by atoms with Crippen LogP contribution in [0.3, 0.4) is 0 Å². The lowest BCUT2D eigenvalue weighted by Crippen LogP contribution is -2.46. The van der Waals surface area contributed by atoms with Crippen molar-refractivity contribution < 1.29 is 9.53 Å². The third-order valence-corrected chi connectivity index (χ3v) is 3.13. The number of nitrogens with two attached hydrogens (primary N) is 1. The highest BCUT2D eigenvalue weighted by Gasteiger charge is 2.20. The Balaban J connectivity index is 2.24. The van der Waals surface area contributed by atoms with Crippen molar-refractivity contribution in [2.75, 3.05) is 33.3 Å².